The van der Waals surface area contributed by atoms with Crippen LogP contribution in [0.3, 0.4) is 0 Å². The molecule has 1 saturated heterocycles. The summed E-state index contributed by atoms with van der Waals surface area (Å²) in [6.07, 6.45) is 14.7. The molecule has 2 saturated carbocycles. The molecule has 1 heterocycles. The van der Waals surface area contributed by atoms with Crippen LogP contribution in [0.1, 0.15) is 70.6 Å². The Kier molecular flexibility index (Phi) is 5.88. The molecule has 0 amide bonds. The van der Waals surface area contributed by atoms with Crippen molar-refractivity contribution in [1.82, 2.24) is 5.43 Å². The molecule has 122 valence electrons. The van der Waals surface area contributed by atoms with Crippen molar-refractivity contribution in [2.45, 2.75) is 87.5 Å². The molecule has 2 atom stereocenters. The highest BCUT2D eigenvalue weighted by Gasteiger charge is 2.40. The first-order valence-electron chi connectivity index (χ1n) is 9.03. The van der Waals surface area contributed by atoms with E-state index in [1.54, 1.807) is 0 Å². The van der Waals surface area contributed by atoms with Gasteiger partial charge in [0.2, 0.25) is 0 Å². The van der Waals surface area contributed by atoms with Gasteiger partial charge >= 0.3 is 0 Å². The fourth-order valence-electron chi connectivity index (χ4n) is 4.57. The summed E-state index contributed by atoms with van der Waals surface area (Å²) in [5, 5.41) is 0.893. The molecule has 3 aliphatic rings. The number of hydrogen-bond acceptors (Lipinski definition) is 4. The van der Waals surface area contributed by atoms with Crippen molar-refractivity contribution in [3.8, 4) is 0 Å². The predicted molar refractivity (Wildman–Crippen MR) is 90.3 cm³/mol. The second kappa shape index (κ2) is 7.67. The van der Waals surface area contributed by atoms with Crippen molar-refractivity contribution in [1.29, 1.82) is 0 Å². The number of ether oxygens (including phenoxy) is 1. The molecule has 3 fully saturated rings. The Bertz CT molecular complexity index is 308. The van der Waals surface area contributed by atoms with Gasteiger partial charge < -0.3 is 4.74 Å². The quantitative estimate of drug-likeness (QED) is 0.601. The average Bonchev–Trinajstić information content (AvgIpc) is 3.02. The van der Waals surface area contributed by atoms with Crippen LogP contribution in [0.25, 0.3) is 0 Å². The van der Waals surface area contributed by atoms with Crippen molar-refractivity contribution in [2.24, 2.45) is 11.8 Å². The Morgan fingerprint density at radius 2 is 1.86 bits per heavy atom. The number of nitrogens with two attached hydrogens (primary N) is 1. The molecular formula is C17H32N2OS. The van der Waals surface area contributed by atoms with E-state index >= 15 is 0 Å². The highest BCUT2D eigenvalue weighted by molar-refractivity contribution is 7.99. The van der Waals surface area contributed by atoms with Gasteiger partial charge in [-0.25, -0.2) is 0 Å². The third-order valence-electron chi connectivity index (χ3n) is 5.89. The summed E-state index contributed by atoms with van der Waals surface area (Å²) in [6, 6.07) is 0.471. The van der Waals surface area contributed by atoms with Gasteiger partial charge in [-0.1, -0.05) is 32.1 Å². The largest absolute Gasteiger partial charge is 0.375 e. The van der Waals surface area contributed by atoms with Crippen LogP contribution in [0.5, 0.6) is 0 Å². The maximum atomic E-state index is 6.23. The van der Waals surface area contributed by atoms with E-state index in [0.29, 0.717) is 12.0 Å². The molecule has 1 spiro atoms. The van der Waals surface area contributed by atoms with Gasteiger partial charge in [-0.3, -0.25) is 11.3 Å². The molecule has 0 aromatic rings. The maximum absolute atomic E-state index is 6.23. The van der Waals surface area contributed by atoms with E-state index in [1.165, 1.54) is 76.4 Å². The molecule has 21 heavy (non-hydrogen) atoms. The minimum absolute atomic E-state index is 0.203. The zero-order valence-electron chi connectivity index (χ0n) is 13.3. The van der Waals surface area contributed by atoms with Gasteiger partial charge in [-0.05, 0) is 44.4 Å². The first-order chi connectivity index (χ1) is 10.3. The fraction of sp³-hybridized carbons (Fsp3) is 1.00. The molecule has 2 aliphatic carbocycles. The smallest absolute Gasteiger partial charge is 0.0685 e. The summed E-state index contributed by atoms with van der Waals surface area (Å²) in [5.74, 6) is 7.79. The lowest BCUT2D eigenvalue weighted by Crippen LogP contribution is -2.50. The van der Waals surface area contributed by atoms with E-state index in [1.807, 2.05) is 0 Å². The molecule has 0 radical (unpaired) electrons. The molecule has 3 N–H and O–H groups in total. The number of thioether (sulfide) groups is 1. The Hall–Kier alpha value is 0.230. The Balaban J connectivity index is 1.52. The normalized spacial score (nSPS) is 31.6. The van der Waals surface area contributed by atoms with Crippen LogP contribution in [-0.4, -0.2) is 29.3 Å². The Morgan fingerprint density at radius 1 is 1.10 bits per heavy atom. The summed E-state index contributed by atoms with van der Waals surface area (Å²) in [5.41, 5.74) is 3.34. The van der Waals surface area contributed by atoms with Crippen LogP contribution in [0.15, 0.2) is 0 Å². The van der Waals surface area contributed by atoms with E-state index < -0.39 is 0 Å². The monoisotopic (exact) mass is 312 g/mol. The molecule has 0 aromatic heterocycles. The van der Waals surface area contributed by atoms with Gasteiger partial charge in [-0.15, -0.1) is 0 Å². The maximum Gasteiger partial charge on any atom is 0.0685 e. The molecule has 1 aliphatic heterocycles. The van der Waals surface area contributed by atoms with E-state index in [4.69, 9.17) is 10.6 Å². The molecular weight excluding hydrogens is 280 g/mol. The van der Waals surface area contributed by atoms with E-state index in [0.717, 1.165) is 11.9 Å². The second-order valence-corrected chi connectivity index (χ2v) is 8.69. The zero-order valence-corrected chi connectivity index (χ0v) is 14.1. The van der Waals surface area contributed by atoms with Crippen LogP contribution >= 0.6 is 11.8 Å². The first-order valence-corrected chi connectivity index (χ1v) is 10.1. The molecule has 4 heteroatoms. The minimum atomic E-state index is 0.203. The SMILES string of the molecule is NNC(CSC1CCCC1)C1CCOC2(CCCCC2)C1. The molecule has 2 unspecified atom stereocenters. The van der Waals surface area contributed by atoms with Gasteiger partial charge in [0.05, 0.1) is 5.60 Å². The van der Waals surface area contributed by atoms with E-state index in [2.05, 4.69) is 17.2 Å². The molecule has 3 rings (SSSR count). The lowest BCUT2D eigenvalue weighted by Gasteiger charge is -2.45. The molecule has 3 nitrogen and oxygen atoms in total. The third-order valence-corrected chi connectivity index (χ3v) is 7.39. The van der Waals surface area contributed by atoms with Crippen molar-refractivity contribution in [3.05, 3.63) is 0 Å². The number of rotatable bonds is 5. The van der Waals surface area contributed by atoms with Crippen LogP contribution in [0, 0.1) is 5.92 Å². The highest BCUT2D eigenvalue weighted by atomic mass is 32.2. The Morgan fingerprint density at radius 3 is 2.57 bits per heavy atom. The van der Waals surface area contributed by atoms with E-state index in [-0.39, 0.29) is 5.60 Å². The third kappa shape index (κ3) is 4.15. The fourth-order valence-corrected chi connectivity index (χ4v) is 6.08. The average molecular weight is 313 g/mol. The molecule has 0 bridgehead atoms. The summed E-state index contributed by atoms with van der Waals surface area (Å²) in [6.45, 7) is 0.941. The van der Waals surface area contributed by atoms with Crippen molar-refractivity contribution in [3.63, 3.8) is 0 Å². The van der Waals surface area contributed by atoms with E-state index in [9.17, 15) is 0 Å². The summed E-state index contributed by atoms with van der Waals surface area (Å²) < 4.78 is 6.23. The minimum Gasteiger partial charge on any atom is -0.375 e. The lowest BCUT2D eigenvalue weighted by atomic mass is 9.74. The second-order valence-electron chi connectivity index (χ2n) is 7.36. The van der Waals surface area contributed by atoms with Gasteiger partial charge in [0.15, 0.2) is 0 Å². The first kappa shape index (κ1) is 16.1. The Labute approximate surface area is 134 Å². The van der Waals surface area contributed by atoms with Crippen LogP contribution in [0.2, 0.25) is 0 Å². The van der Waals surface area contributed by atoms with Gasteiger partial charge in [0.1, 0.15) is 0 Å². The van der Waals surface area contributed by atoms with Crippen molar-refractivity contribution >= 4 is 11.8 Å². The van der Waals surface area contributed by atoms with Gasteiger partial charge in [-0.2, -0.15) is 11.8 Å². The van der Waals surface area contributed by atoms with Crippen LogP contribution < -0.4 is 11.3 Å². The van der Waals surface area contributed by atoms with Crippen LogP contribution in [0.4, 0.5) is 0 Å². The molecule has 0 aromatic carbocycles. The topological polar surface area (TPSA) is 47.3 Å². The number of hydrogen-bond donors (Lipinski definition) is 2. The van der Waals surface area contributed by atoms with Crippen LogP contribution in [-0.2, 0) is 4.74 Å². The van der Waals surface area contributed by atoms with Crippen molar-refractivity contribution in [2.75, 3.05) is 12.4 Å². The summed E-state index contributed by atoms with van der Waals surface area (Å²) >= 11 is 2.16. The zero-order chi connectivity index (χ0) is 14.5. The predicted octanol–water partition coefficient (Wildman–Crippen LogP) is 3.62. The number of nitrogens with one attached hydrogen (secondary N) is 1. The summed E-state index contributed by atoms with van der Waals surface area (Å²) in [4.78, 5) is 0. The lowest BCUT2D eigenvalue weighted by molar-refractivity contribution is -0.120. The van der Waals surface area contributed by atoms with Crippen molar-refractivity contribution < 1.29 is 4.74 Å². The van der Waals surface area contributed by atoms with Gasteiger partial charge in [0.25, 0.3) is 0 Å². The standard InChI is InChI=1S/C17H32N2OS/c18-19-16(13-21-15-6-2-3-7-15)14-8-11-20-17(12-14)9-4-1-5-10-17/h14-16,19H,1-13,18H2. The summed E-state index contributed by atoms with van der Waals surface area (Å²) in [7, 11) is 0. The number of hydrazine groups is 1. The highest BCUT2D eigenvalue weighted by Crippen LogP contribution is 2.42. The van der Waals surface area contributed by atoms with Gasteiger partial charge in [0, 0.05) is 23.7 Å².